The Morgan fingerprint density at radius 1 is 1.43 bits per heavy atom. The zero-order valence-corrected chi connectivity index (χ0v) is 17.3. The summed E-state index contributed by atoms with van der Waals surface area (Å²) >= 11 is 1.12. The highest BCUT2D eigenvalue weighted by Gasteiger charge is 2.49. The van der Waals surface area contributed by atoms with Crippen molar-refractivity contribution < 1.29 is 24.2 Å². The summed E-state index contributed by atoms with van der Waals surface area (Å²) in [5.41, 5.74) is 0.925. The van der Waals surface area contributed by atoms with Crippen LogP contribution in [0.1, 0.15) is 51.9 Å². The van der Waals surface area contributed by atoms with Crippen LogP contribution in [0.15, 0.2) is 37.0 Å². The molecule has 2 aliphatic heterocycles. The van der Waals surface area contributed by atoms with E-state index < -0.39 is 23.9 Å². The van der Waals surface area contributed by atoms with Crippen molar-refractivity contribution in [2.24, 2.45) is 0 Å². The van der Waals surface area contributed by atoms with Gasteiger partial charge in [-0.1, -0.05) is 29.5 Å². The fourth-order valence-corrected chi connectivity index (χ4v) is 4.38. The quantitative estimate of drug-likeness (QED) is 0.247. The largest absolute Gasteiger partial charge is 0.459 e. The SMILES string of the molecule is C=CCCC[C@@H]1C[C@@H](OC(=O)C=C(C)CCC=C)C[C@](O)([C@@H]2CSC(=O)N2)O1. The van der Waals surface area contributed by atoms with Crippen LogP contribution in [0.4, 0.5) is 4.79 Å². The molecule has 2 heterocycles. The van der Waals surface area contributed by atoms with Gasteiger partial charge in [0.25, 0.3) is 5.24 Å². The lowest BCUT2D eigenvalue weighted by molar-refractivity contribution is -0.283. The van der Waals surface area contributed by atoms with E-state index in [9.17, 15) is 14.7 Å². The van der Waals surface area contributed by atoms with E-state index in [0.717, 1.165) is 49.4 Å². The molecular formula is C21H31NO5S. The smallest absolute Gasteiger partial charge is 0.330 e. The van der Waals surface area contributed by atoms with E-state index in [-0.39, 0.29) is 17.8 Å². The first kappa shape index (κ1) is 22.7. The third-order valence-electron chi connectivity index (χ3n) is 4.96. The Bertz CT molecular complexity index is 620. The van der Waals surface area contributed by atoms with Gasteiger partial charge in [-0.05, 0) is 39.0 Å². The first-order chi connectivity index (χ1) is 13.4. The van der Waals surface area contributed by atoms with E-state index in [0.29, 0.717) is 12.2 Å². The van der Waals surface area contributed by atoms with Gasteiger partial charge in [-0.25, -0.2) is 4.79 Å². The minimum atomic E-state index is -1.54. The van der Waals surface area contributed by atoms with Crippen molar-refractivity contribution in [3.63, 3.8) is 0 Å². The molecule has 0 bridgehead atoms. The van der Waals surface area contributed by atoms with Crippen LogP contribution in [0.5, 0.6) is 0 Å². The van der Waals surface area contributed by atoms with Gasteiger partial charge in [0.15, 0.2) is 5.79 Å². The van der Waals surface area contributed by atoms with Gasteiger partial charge in [-0.15, -0.1) is 13.2 Å². The van der Waals surface area contributed by atoms with Gasteiger partial charge in [0.05, 0.1) is 12.1 Å². The predicted octanol–water partition coefficient (Wildman–Crippen LogP) is 3.86. The van der Waals surface area contributed by atoms with Gasteiger partial charge in [0.1, 0.15) is 6.10 Å². The number of allylic oxidation sites excluding steroid dienone is 3. The Kier molecular flexibility index (Phi) is 8.79. The molecule has 7 heteroatoms. The molecule has 2 rings (SSSR count). The summed E-state index contributed by atoms with van der Waals surface area (Å²) in [6.45, 7) is 9.29. The Morgan fingerprint density at radius 2 is 2.18 bits per heavy atom. The third kappa shape index (κ3) is 6.79. The minimum absolute atomic E-state index is 0.141. The van der Waals surface area contributed by atoms with E-state index in [1.807, 2.05) is 19.1 Å². The standard InChI is InChI=1S/C21H31NO5S/c1-4-6-8-10-16-12-17(26-19(23)11-15(3)9-7-5-2)13-21(25,27-16)18-14-28-20(24)22-18/h4-5,11,16-18,25H,1-2,6-10,12-14H2,3H3,(H,22,24)/t16-,17-,18+,21-/m1/s1. The summed E-state index contributed by atoms with van der Waals surface area (Å²) in [6.07, 6.45) is 9.11. The highest BCUT2D eigenvalue weighted by atomic mass is 32.2. The topological polar surface area (TPSA) is 84.9 Å². The first-order valence-electron chi connectivity index (χ1n) is 9.79. The predicted molar refractivity (Wildman–Crippen MR) is 111 cm³/mol. The Labute approximate surface area is 171 Å². The maximum absolute atomic E-state index is 12.3. The van der Waals surface area contributed by atoms with Gasteiger partial charge < -0.3 is 19.9 Å². The Hall–Kier alpha value is -1.57. The number of ether oxygens (including phenoxy) is 2. The van der Waals surface area contributed by atoms with Crippen molar-refractivity contribution in [3.8, 4) is 0 Å². The molecule has 156 valence electrons. The molecule has 1 amide bonds. The lowest BCUT2D eigenvalue weighted by Gasteiger charge is -2.43. The molecule has 0 saturated carbocycles. The van der Waals surface area contributed by atoms with Crippen molar-refractivity contribution >= 4 is 23.0 Å². The van der Waals surface area contributed by atoms with Crippen LogP contribution < -0.4 is 5.32 Å². The van der Waals surface area contributed by atoms with Crippen LogP contribution >= 0.6 is 11.8 Å². The van der Waals surface area contributed by atoms with Gasteiger partial charge >= 0.3 is 5.97 Å². The number of carbonyl (C=O) groups is 2. The van der Waals surface area contributed by atoms with Gasteiger partial charge in [-0.3, -0.25) is 4.79 Å². The number of rotatable bonds is 10. The lowest BCUT2D eigenvalue weighted by Crippen LogP contribution is -2.58. The zero-order chi connectivity index (χ0) is 20.6. The number of thioether (sulfide) groups is 1. The van der Waals surface area contributed by atoms with E-state index in [2.05, 4.69) is 18.5 Å². The monoisotopic (exact) mass is 409 g/mol. The number of aliphatic hydroxyl groups is 1. The Balaban J connectivity index is 2.04. The second-order valence-electron chi connectivity index (χ2n) is 7.42. The third-order valence-corrected chi connectivity index (χ3v) is 5.84. The van der Waals surface area contributed by atoms with Crippen molar-refractivity contribution in [1.82, 2.24) is 5.32 Å². The van der Waals surface area contributed by atoms with Gasteiger partial charge in [-0.2, -0.15) is 0 Å². The normalized spacial score (nSPS) is 30.6. The highest BCUT2D eigenvalue weighted by molar-refractivity contribution is 8.14. The first-order valence-corrected chi connectivity index (χ1v) is 10.8. The molecule has 28 heavy (non-hydrogen) atoms. The molecule has 6 nitrogen and oxygen atoms in total. The average Bonchev–Trinajstić information content (AvgIpc) is 3.07. The molecule has 4 atom stereocenters. The molecule has 0 unspecified atom stereocenters. The molecule has 2 N–H and O–H groups in total. The minimum Gasteiger partial charge on any atom is -0.459 e. The van der Waals surface area contributed by atoms with Gasteiger partial charge in [0, 0.05) is 24.7 Å². The Morgan fingerprint density at radius 3 is 2.82 bits per heavy atom. The van der Waals surface area contributed by atoms with Crippen molar-refractivity contribution in [2.75, 3.05) is 5.75 Å². The number of amides is 1. The number of carbonyl (C=O) groups excluding carboxylic acids is 2. The fourth-order valence-electron chi connectivity index (χ4n) is 3.50. The van der Waals surface area contributed by atoms with Crippen molar-refractivity contribution in [3.05, 3.63) is 37.0 Å². The van der Waals surface area contributed by atoms with Crippen LogP contribution in [0.3, 0.4) is 0 Å². The number of unbranched alkanes of at least 4 members (excludes halogenated alkanes) is 1. The molecule has 2 saturated heterocycles. The van der Waals surface area contributed by atoms with Crippen LogP contribution in [0.25, 0.3) is 0 Å². The molecule has 0 aliphatic carbocycles. The van der Waals surface area contributed by atoms with E-state index >= 15 is 0 Å². The molecule has 2 aliphatic rings. The molecule has 0 aromatic carbocycles. The average molecular weight is 410 g/mol. The maximum atomic E-state index is 12.3. The van der Waals surface area contributed by atoms with Crippen molar-refractivity contribution in [2.45, 2.75) is 75.9 Å². The molecule has 0 radical (unpaired) electrons. The number of esters is 1. The summed E-state index contributed by atoms with van der Waals surface area (Å²) in [5.74, 6) is -1.52. The second kappa shape index (κ2) is 10.8. The molecular weight excluding hydrogens is 378 g/mol. The molecule has 0 aromatic heterocycles. The molecule has 2 fully saturated rings. The van der Waals surface area contributed by atoms with Crippen molar-refractivity contribution in [1.29, 1.82) is 0 Å². The van der Waals surface area contributed by atoms with Crippen LogP contribution in [-0.2, 0) is 14.3 Å². The maximum Gasteiger partial charge on any atom is 0.330 e. The highest BCUT2D eigenvalue weighted by Crippen LogP contribution is 2.36. The number of nitrogens with one attached hydrogen (secondary N) is 1. The number of hydrogen-bond acceptors (Lipinski definition) is 6. The van der Waals surface area contributed by atoms with Crippen LogP contribution in [0, 0.1) is 0 Å². The summed E-state index contributed by atoms with van der Waals surface area (Å²) < 4.78 is 11.6. The lowest BCUT2D eigenvalue weighted by atomic mass is 9.91. The summed E-state index contributed by atoms with van der Waals surface area (Å²) in [5, 5.41) is 13.7. The fraction of sp³-hybridized carbons (Fsp3) is 0.619. The zero-order valence-electron chi connectivity index (χ0n) is 16.5. The van der Waals surface area contributed by atoms with E-state index in [4.69, 9.17) is 9.47 Å². The van der Waals surface area contributed by atoms with Crippen LogP contribution in [-0.4, -0.2) is 46.1 Å². The summed E-state index contributed by atoms with van der Waals surface area (Å²) in [4.78, 5) is 23.9. The summed E-state index contributed by atoms with van der Waals surface area (Å²) in [6, 6.07) is -0.515. The number of hydrogen-bond donors (Lipinski definition) is 2. The molecule has 0 spiro atoms. The second-order valence-corrected chi connectivity index (χ2v) is 8.41. The van der Waals surface area contributed by atoms with Crippen LogP contribution in [0.2, 0.25) is 0 Å². The summed E-state index contributed by atoms with van der Waals surface area (Å²) in [7, 11) is 0. The van der Waals surface area contributed by atoms with E-state index in [1.165, 1.54) is 6.08 Å². The molecule has 0 aromatic rings. The van der Waals surface area contributed by atoms with E-state index in [1.54, 1.807) is 0 Å². The van der Waals surface area contributed by atoms with Gasteiger partial charge in [0.2, 0.25) is 0 Å².